The molecule has 0 saturated heterocycles. The van der Waals surface area contributed by atoms with Crippen LogP contribution in [0.5, 0.6) is 0 Å². The van der Waals surface area contributed by atoms with Crippen molar-refractivity contribution in [1.82, 2.24) is 5.32 Å². The molecular weight excluding hydrogens is 494 g/mol. The first-order valence-electron chi connectivity index (χ1n) is 12.2. The summed E-state index contributed by atoms with van der Waals surface area (Å²) < 4.78 is 9.96. The predicted octanol–water partition coefficient (Wildman–Crippen LogP) is 2.67. The van der Waals surface area contributed by atoms with E-state index in [-0.39, 0.29) is 38.4 Å². The Morgan fingerprint density at radius 2 is 1.51 bits per heavy atom. The number of nitrogens with zero attached hydrogens (tertiary/aromatic N) is 1. The Labute approximate surface area is 222 Å². The maximum Gasteiger partial charge on any atom is 0.326 e. The Morgan fingerprint density at radius 1 is 0.919 bits per heavy atom. The van der Waals surface area contributed by atoms with Gasteiger partial charge in [0.1, 0.15) is 12.6 Å². The average Bonchev–Trinajstić information content (AvgIpc) is 2.90. The van der Waals surface area contributed by atoms with Gasteiger partial charge in [0.25, 0.3) is 5.91 Å². The monoisotopic (exact) mass is 529 g/mol. The van der Waals surface area contributed by atoms with Crippen LogP contribution >= 0.6 is 11.8 Å². The topological polar surface area (TPSA) is 128 Å². The molecule has 0 aromatic heterocycles. The summed E-state index contributed by atoms with van der Waals surface area (Å²) in [7, 11) is 0. The number of thioether (sulfide) groups is 1. The lowest BCUT2D eigenvalue weighted by molar-refractivity contribution is -0.143. The smallest absolute Gasteiger partial charge is 0.326 e. The van der Waals surface area contributed by atoms with E-state index in [0.717, 1.165) is 5.56 Å². The van der Waals surface area contributed by atoms with E-state index in [4.69, 9.17) is 15.2 Å². The lowest BCUT2D eigenvalue weighted by Crippen LogP contribution is -2.54. The fourth-order valence-corrected chi connectivity index (χ4v) is 4.40. The van der Waals surface area contributed by atoms with E-state index < -0.39 is 35.8 Å². The first-order valence-corrected chi connectivity index (χ1v) is 13.4. The number of para-hydroxylation sites is 1. The molecule has 0 heterocycles. The molecule has 0 radical (unpaired) electrons. The third-order valence-corrected chi connectivity index (χ3v) is 6.35. The number of carbonyl (C=O) groups excluding carboxylic acids is 4. The van der Waals surface area contributed by atoms with Gasteiger partial charge in [-0.15, -0.1) is 0 Å². The van der Waals surface area contributed by atoms with Crippen LogP contribution in [0, 0.1) is 0 Å². The van der Waals surface area contributed by atoms with Gasteiger partial charge in [0, 0.05) is 23.6 Å². The van der Waals surface area contributed by atoms with Crippen LogP contribution in [0.25, 0.3) is 0 Å². The highest BCUT2D eigenvalue weighted by atomic mass is 32.2. The van der Waals surface area contributed by atoms with Gasteiger partial charge in [0.05, 0.1) is 19.3 Å². The standard InChI is InChI=1S/C27H35N3O6S/c1-3-35-24(31)16-15-22(28)26(33)29-23(19-37-18-20-11-7-5-8-12-20)27(34)30(17-25(32)36-4-2)21-13-9-6-10-14-21/h5-14,22-23H,3-4,15-19,28H2,1-2H3,(H,29,33)/t22-,23-/m0/s1. The SMILES string of the molecule is CCOC(=O)CC[C@H](N)C(=O)N[C@@H](CSCc1ccccc1)C(=O)N(CC(=O)OCC)c1ccccc1. The zero-order valence-corrected chi connectivity index (χ0v) is 22.1. The summed E-state index contributed by atoms with van der Waals surface area (Å²) in [4.78, 5) is 51.9. The third-order valence-electron chi connectivity index (χ3n) is 5.24. The summed E-state index contributed by atoms with van der Waals surface area (Å²) in [6, 6.07) is 16.5. The van der Waals surface area contributed by atoms with Crippen LogP contribution in [0.3, 0.4) is 0 Å². The van der Waals surface area contributed by atoms with Crippen LogP contribution in [-0.4, -0.2) is 61.3 Å². The van der Waals surface area contributed by atoms with Gasteiger partial charge in [0.15, 0.2) is 0 Å². The molecule has 37 heavy (non-hydrogen) atoms. The van der Waals surface area contributed by atoms with Crippen molar-refractivity contribution in [2.45, 2.75) is 44.5 Å². The molecule has 2 aromatic rings. The van der Waals surface area contributed by atoms with E-state index in [9.17, 15) is 19.2 Å². The van der Waals surface area contributed by atoms with Gasteiger partial charge >= 0.3 is 11.9 Å². The molecule has 9 nitrogen and oxygen atoms in total. The summed E-state index contributed by atoms with van der Waals surface area (Å²) in [6.45, 7) is 3.50. The molecule has 200 valence electrons. The first-order chi connectivity index (χ1) is 17.8. The van der Waals surface area contributed by atoms with Gasteiger partial charge < -0.3 is 20.5 Å². The Kier molecular flexibility index (Phi) is 13.2. The van der Waals surface area contributed by atoms with Crippen molar-refractivity contribution in [3.63, 3.8) is 0 Å². The van der Waals surface area contributed by atoms with Gasteiger partial charge in [0.2, 0.25) is 5.91 Å². The molecule has 2 atom stereocenters. The second kappa shape index (κ2) is 16.4. The van der Waals surface area contributed by atoms with Crippen molar-refractivity contribution in [3.05, 3.63) is 66.2 Å². The molecular formula is C27H35N3O6S. The summed E-state index contributed by atoms with van der Waals surface area (Å²) in [6.07, 6.45) is 0.0662. The summed E-state index contributed by atoms with van der Waals surface area (Å²) in [5.41, 5.74) is 7.58. The highest BCUT2D eigenvalue weighted by molar-refractivity contribution is 7.98. The second-order valence-electron chi connectivity index (χ2n) is 8.08. The van der Waals surface area contributed by atoms with Crippen LogP contribution in [0.4, 0.5) is 5.69 Å². The van der Waals surface area contributed by atoms with Crippen LogP contribution in [0.1, 0.15) is 32.3 Å². The summed E-state index contributed by atoms with van der Waals surface area (Å²) in [5.74, 6) is -1.17. The average molecular weight is 530 g/mol. The summed E-state index contributed by atoms with van der Waals surface area (Å²) in [5, 5.41) is 2.73. The number of hydrogen-bond donors (Lipinski definition) is 2. The lowest BCUT2D eigenvalue weighted by Gasteiger charge is -2.28. The predicted molar refractivity (Wildman–Crippen MR) is 144 cm³/mol. The van der Waals surface area contributed by atoms with Gasteiger partial charge in [-0.3, -0.25) is 24.1 Å². The molecule has 0 spiro atoms. The highest BCUT2D eigenvalue weighted by Crippen LogP contribution is 2.18. The fourth-order valence-electron chi connectivity index (χ4n) is 3.39. The molecule has 0 unspecified atom stereocenters. The zero-order chi connectivity index (χ0) is 27.0. The maximum absolute atomic E-state index is 13.7. The van der Waals surface area contributed by atoms with E-state index >= 15 is 0 Å². The normalized spacial score (nSPS) is 12.2. The van der Waals surface area contributed by atoms with Gasteiger partial charge in [-0.25, -0.2) is 0 Å². The van der Waals surface area contributed by atoms with E-state index in [0.29, 0.717) is 11.4 Å². The van der Waals surface area contributed by atoms with Crippen molar-refractivity contribution in [3.8, 4) is 0 Å². The van der Waals surface area contributed by atoms with Crippen LogP contribution in [-0.2, 0) is 34.4 Å². The Morgan fingerprint density at radius 3 is 2.14 bits per heavy atom. The van der Waals surface area contributed by atoms with E-state index in [1.165, 1.54) is 16.7 Å². The zero-order valence-electron chi connectivity index (χ0n) is 21.3. The largest absolute Gasteiger partial charge is 0.466 e. The molecule has 2 rings (SSSR count). The van der Waals surface area contributed by atoms with Crippen LogP contribution < -0.4 is 16.0 Å². The third kappa shape index (κ3) is 10.6. The molecule has 2 amide bonds. The Bertz CT molecular complexity index is 1010. The number of nitrogens with one attached hydrogen (secondary N) is 1. The number of ether oxygens (including phenoxy) is 2. The molecule has 0 bridgehead atoms. The number of benzene rings is 2. The number of esters is 2. The van der Waals surface area contributed by atoms with E-state index in [1.807, 2.05) is 30.3 Å². The Balaban J connectivity index is 2.19. The number of hydrogen-bond acceptors (Lipinski definition) is 8. The van der Waals surface area contributed by atoms with Crippen LogP contribution in [0.2, 0.25) is 0 Å². The molecule has 0 saturated carbocycles. The second-order valence-corrected chi connectivity index (χ2v) is 9.11. The number of rotatable bonds is 15. The molecule has 0 aliphatic heterocycles. The minimum absolute atomic E-state index is 0.0111. The summed E-state index contributed by atoms with van der Waals surface area (Å²) >= 11 is 1.47. The molecule has 0 aliphatic carbocycles. The molecule has 10 heteroatoms. The molecule has 3 N–H and O–H groups in total. The van der Waals surface area contributed by atoms with Crippen LogP contribution in [0.15, 0.2) is 60.7 Å². The minimum atomic E-state index is -1.01. The molecule has 0 aliphatic rings. The van der Waals surface area contributed by atoms with Crippen molar-refractivity contribution in [1.29, 1.82) is 0 Å². The van der Waals surface area contributed by atoms with E-state index in [2.05, 4.69) is 5.32 Å². The molecule has 0 fully saturated rings. The highest BCUT2D eigenvalue weighted by Gasteiger charge is 2.30. The van der Waals surface area contributed by atoms with Gasteiger partial charge in [-0.2, -0.15) is 11.8 Å². The van der Waals surface area contributed by atoms with Gasteiger partial charge in [-0.05, 0) is 38.0 Å². The quantitative estimate of drug-likeness (QED) is 0.337. The number of carbonyl (C=O) groups is 4. The fraction of sp³-hybridized carbons (Fsp3) is 0.407. The lowest BCUT2D eigenvalue weighted by atomic mass is 10.1. The maximum atomic E-state index is 13.7. The minimum Gasteiger partial charge on any atom is -0.466 e. The number of amides is 2. The molecule has 2 aromatic carbocycles. The number of nitrogens with two attached hydrogens (primary N) is 1. The van der Waals surface area contributed by atoms with Crippen molar-refractivity contribution >= 4 is 41.2 Å². The van der Waals surface area contributed by atoms with Crippen molar-refractivity contribution < 1.29 is 28.7 Å². The number of anilines is 1. The first kappa shape index (κ1) is 29.9. The van der Waals surface area contributed by atoms with Gasteiger partial charge in [-0.1, -0.05) is 48.5 Å². The van der Waals surface area contributed by atoms with E-state index in [1.54, 1.807) is 44.2 Å². The van der Waals surface area contributed by atoms with Crippen molar-refractivity contribution in [2.24, 2.45) is 5.73 Å². The Hall–Kier alpha value is -3.37. The van der Waals surface area contributed by atoms with Crippen molar-refractivity contribution in [2.75, 3.05) is 30.4 Å².